The van der Waals surface area contributed by atoms with Crippen molar-refractivity contribution < 1.29 is 27.7 Å². The molecule has 2 aromatic carbocycles. The molecule has 0 aliphatic heterocycles. The van der Waals surface area contributed by atoms with Crippen molar-refractivity contribution in [2.45, 2.75) is 20.1 Å². The highest BCUT2D eigenvalue weighted by Gasteiger charge is 2.15. The molecule has 212 valence electrons. The summed E-state index contributed by atoms with van der Waals surface area (Å²) < 4.78 is 38.4. The summed E-state index contributed by atoms with van der Waals surface area (Å²) in [5.74, 6) is 0.0800. The first-order chi connectivity index (χ1) is 19.3. The van der Waals surface area contributed by atoms with E-state index in [1.807, 2.05) is 19.1 Å². The zero-order valence-electron chi connectivity index (χ0n) is 22.0. The Kier molecular flexibility index (Phi) is 10.6. The van der Waals surface area contributed by atoms with Crippen LogP contribution in [0.15, 0.2) is 53.6 Å². The van der Waals surface area contributed by atoms with Gasteiger partial charge in [-0.25, -0.2) is 9.37 Å². The Balaban J connectivity index is 1.30. The number of fused-ring (bicyclic) bond motifs is 1. The molecule has 11 nitrogen and oxygen atoms in total. The van der Waals surface area contributed by atoms with Crippen LogP contribution in [-0.4, -0.2) is 57.1 Å². The minimum atomic E-state index is -1.52. The second-order valence-corrected chi connectivity index (χ2v) is 11.0. The molecule has 2 aromatic heterocycles. The van der Waals surface area contributed by atoms with E-state index in [-0.39, 0.29) is 48.5 Å². The van der Waals surface area contributed by atoms with E-state index < -0.39 is 19.8 Å². The number of aromatic nitrogens is 4. The van der Waals surface area contributed by atoms with E-state index in [0.29, 0.717) is 29.1 Å². The molecule has 40 heavy (non-hydrogen) atoms. The van der Waals surface area contributed by atoms with Gasteiger partial charge < -0.3 is 28.8 Å². The lowest BCUT2D eigenvalue weighted by Gasteiger charge is -2.18. The quantitative estimate of drug-likeness (QED) is 0.162. The van der Waals surface area contributed by atoms with Gasteiger partial charge in [0.1, 0.15) is 6.35 Å². The van der Waals surface area contributed by atoms with Crippen LogP contribution in [-0.2, 0) is 26.9 Å². The lowest BCUT2D eigenvalue weighted by Crippen LogP contribution is -2.13. The van der Waals surface area contributed by atoms with Gasteiger partial charge in [0.05, 0.1) is 33.3 Å². The summed E-state index contributed by atoms with van der Waals surface area (Å²) in [7, 11) is -0.126. The fraction of sp³-hybridized carbons (Fsp3) is 0.308. The van der Waals surface area contributed by atoms with E-state index in [4.69, 9.17) is 24.3 Å². The summed E-state index contributed by atoms with van der Waals surface area (Å²) in [5.41, 5.74) is 8.10. The molecule has 0 fully saturated rings. The molecule has 0 saturated carbocycles. The largest absolute Gasteiger partial charge is 0.494 e. The Hall–Kier alpha value is -3.35. The van der Waals surface area contributed by atoms with Crippen molar-refractivity contribution in [1.29, 1.82) is 0 Å². The van der Waals surface area contributed by atoms with Gasteiger partial charge in [-0.2, -0.15) is 4.98 Å². The molecule has 0 bridgehead atoms. The smallest absolute Gasteiger partial charge is 0.280 e. The number of aryl methyl sites for hydroxylation is 1. The number of nitrogen functional groups attached to an aromatic ring is 1. The lowest BCUT2D eigenvalue weighted by atomic mass is 10.2. The molecule has 1 unspecified atom stereocenters. The summed E-state index contributed by atoms with van der Waals surface area (Å²) in [6.45, 7) is 2.94. The minimum absolute atomic E-state index is 0.000752. The third-order valence-electron chi connectivity index (χ3n) is 5.60. The van der Waals surface area contributed by atoms with Crippen LogP contribution in [0, 0.1) is 12.7 Å². The molecule has 4 rings (SSSR count). The number of imidazole rings is 1. The molecule has 0 radical (unpaired) electrons. The average molecular weight is 590 g/mol. The average Bonchev–Trinajstić information content (AvgIpc) is 3.34. The SMILES string of the molecule is COc1ccc(COP(COCCn2cnc3c(=O)[nH]c(N)nc32)OCCSC(=O)c2ccc(C)cc2)cc1F. The molecule has 1 atom stereocenters. The predicted molar refractivity (Wildman–Crippen MR) is 152 cm³/mol. The summed E-state index contributed by atoms with van der Waals surface area (Å²) in [6, 6.07) is 12.0. The molecule has 4 aromatic rings. The van der Waals surface area contributed by atoms with Crippen LogP contribution in [0.3, 0.4) is 0 Å². The Morgan fingerprint density at radius 2 is 1.98 bits per heavy atom. The zero-order valence-corrected chi connectivity index (χ0v) is 23.7. The maximum absolute atomic E-state index is 14.1. The van der Waals surface area contributed by atoms with E-state index in [1.54, 1.807) is 22.8 Å². The molecule has 0 spiro atoms. The first-order valence-corrected chi connectivity index (χ1v) is 14.6. The van der Waals surface area contributed by atoms with E-state index in [1.165, 1.54) is 25.6 Å². The van der Waals surface area contributed by atoms with E-state index in [0.717, 1.165) is 17.3 Å². The molecule has 0 saturated heterocycles. The summed E-state index contributed by atoms with van der Waals surface area (Å²) in [4.78, 5) is 35.0. The normalized spacial score (nSPS) is 12.1. The molecule has 2 heterocycles. The van der Waals surface area contributed by atoms with Gasteiger partial charge in [0.2, 0.25) is 11.1 Å². The maximum atomic E-state index is 14.1. The van der Waals surface area contributed by atoms with E-state index in [2.05, 4.69) is 15.0 Å². The van der Waals surface area contributed by atoms with Crippen LogP contribution >= 0.6 is 20.1 Å². The number of thioether (sulfide) groups is 1. The van der Waals surface area contributed by atoms with Gasteiger partial charge in [-0.05, 0) is 24.6 Å². The highest BCUT2D eigenvalue weighted by molar-refractivity contribution is 8.14. The molecule has 0 amide bonds. The lowest BCUT2D eigenvalue weighted by molar-refractivity contribution is 0.108. The Bertz CT molecular complexity index is 1500. The van der Waals surface area contributed by atoms with Crippen molar-refractivity contribution in [3.05, 3.63) is 81.7 Å². The number of rotatable bonds is 14. The number of hydrogen-bond donors (Lipinski definition) is 2. The van der Waals surface area contributed by atoms with Gasteiger partial charge in [0.15, 0.2) is 31.1 Å². The highest BCUT2D eigenvalue weighted by atomic mass is 32.2. The number of halogens is 1. The second-order valence-electron chi connectivity index (χ2n) is 8.51. The predicted octanol–water partition coefficient (Wildman–Crippen LogP) is 4.25. The van der Waals surface area contributed by atoms with Crippen LogP contribution in [0.2, 0.25) is 0 Å². The molecule has 14 heteroatoms. The van der Waals surface area contributed by atoms with E-state index in [9.17, 15) is 14.0 Å². The van der Waals surface area contributed by atoms with Gasteiger partial charge in [0.25, 0.3) is 5.56 Å². The van der Waals surface area contributed by atoms with Crippen molar-refractivity contribution in [1.82, 2.24) is 19.5 Å². The number of H-pyrrole nitrogens is 1. The van der Waals surface area contributed by atoms with Crippen molar-refractivity contribution in [2.24, 2.45) is 0 Å². The van der Waals surface area contributed by atoms with Crippen molar-refractivity contribution in [3.8, 4) is 5.75 Å². The number of carbonyl (C=O) groups excluding carboxylic acids is 1. The molecule has 0 aliphatic carbocycles. The number of carbonyl (C=O) groups is 1. The Morgan fingerprint density at radius 3 is 2.73 bits per heavy atom. The summed E-state index contributed by atoms with van der Waals surface area (Å²) >= 11 is 1.16. The van der Waals surface area contributed by atoms with Gasteiger partial charge in [-0.1, -0.05) is 47.7 Å². The first kappa shape index (κ1) is 29.6. The van der Waals surface area contributed by atoms with E-state index >= 15 is 0 Å². The Morgan fingerprint density at radius 1 is 1.18 bits per heavy atom. The number of nitrogens with one attached hydrogen (secondary N) is 1. The number of methoxy groups -OCH3 is 1. The molecular weight excluding hydrogens is 560 g/mol. The third-order valence-corrected chi connectivity index (χ3v) is 7.75. The number of benzene rings is 2. The van der Waals surface area contributed by atoms with Crippen molar-refractivity contribution >= 4 is 42.4 Å². The number of hydrogen-bond acceptors (Lipinski definition) is 10. The van der Waals surface area contributed by atoms with Crippen LogP contribution < -0.4 is 16.0 Å². The number of aromatic amines is 1. The number of nitrogens with two attached hydrogens (primary N) is 1. The number of nitrogens with zero attached hydrogens (tertiary/aromatic N) is 3. The van der Waals surface area contributed by atoms with Gasteiger partial charge in [-0.3, -0.25) is 14.6 Å². The summed E-state index contributed by atoms with van der Waals surface area (Å²) in [5, 5.41) is -0.0422. The second kappa shape index (κ2) is 14.3. The maximum Gasteiger partial charge on any atom is 0.280 e. The fourth-order valence-corrected chi connectivity index (χ4v) is 5.41. The van der Waals surface area contributed by atoms with Gasteiger partial charge in [0, 0.05) is 17.9 Å². The first-order valence-electron chi connectivity index (χ1n) is 12.2. The fourth-order valence-electron chi connectivity index (χ4n) is 3.54. The van der Waals surface area contributed by atoms with Crippen LogP contribution in [0.5, 0.6) is 5.75 Å². The monoisotopic (exact) mass is 589 g/mol. The van der Waals surface area contributed by atoms with Gasteiger partial charge in [-0.15, -0.1) is 0 Å². The van der Waals surface area contributed by atoms with Gasteiger partial charge >= 0.3 is 0 Å². The summed E-state index contributed by atoms with van der Waals surface area (Å²) in [6.07, 6.45) is 1.62. The standard InChI is InChI=1S/C26H29FN5O6PS/c1-17-3-6-19(7-4-17)25(34)40-12-11-37-39(38-14-18-5-8-21(35-2)20(27)13-18)16-36-10-9-32-15-29-22-23(32)30-26(28)31-24(22)33/h3-8,13,15H,9-12,14,16H2,1-2H3,(H3,28,30,31,33). The van der Waals surface area contributed by atoms with Crippen molar-refractivity contribution in [3.63, 3.8) is 0 Å². The molecule has 0 aliphatic rings. The molecule has 3 N–H and O–H groups in total. The van der Waals surface area contributed by atoms with Crippen LogP contribution in [0.1, 0.15) is 21.5 Å². The zero-order chi connectivity index (χ0) is 28.5. The molecular formula is C26H29FN5O6PS. The van der Waals surface area contributed by atoms with Crippen LogP contribution in [0.4, 0.5) is 10.3 Å². The third kappa shape index (κ3) is 8.09. The number of ether oxygens (including phenoxy) is 2. The highest BCUT2D eigenvalue weighted by Crippen LogP contribution is 2.39. The Labute approximate surface area is 235 Å². The topological polar surface area (TPSA) is 144 Å². The van der Waals surface area contributed by atoms with Crippen LogP contribution in [0.25, 0.3) is 11.2 Å². The minimum Gasteiger partial charge on any atom is -0.494 e. The number of anilines is 1. The van der Waals surface area contributed by atoms with Crippen molar-refractivity contribution in [2.75, 3.05) is 38.2 Å².